The Labute approximate surface area is 135 Å². The summed E-state index contributed by atoms with van der Waals surface area (Å²) < 4.78 is 72.4. The van der Waals surface area contributed by atoms with Gasteiger partial charge in [-0.15, -0.1) is 11.8 Å². The quantitative estimate of drug-likeness (QED) is 0.301. The summed E-state index contributed by atoms with van der Waals surface area (Å²) in [5.41, 5.74) is 3.59. The fourth-order valence-corrected chi connectivity index (χ4v) is 2.34. The minimum absolute atomic E-state index is 0.205. The largest absolute Gasteiger partial charge is 0.441 e. The van der Waals surface area contributed by atoms with Crippen LogP contribution in [0.1, 0.15) is 11.1 Å². The highest BCUT2D eigenvalue weighted by Gasteiger charge is 2.34. The first-order valence-corrected chi connectivity index (χ1v) is 7.55. The molecule has 22 heavy (non-hydrogen) atoms. The Bertz CT molecular complexity index is 568. The van der Waals surface area contributed by atoms with Crippen molar-refractivity contribution >= 4 is 38.0 Å². The van der Waals surface area contributed by atoms with Crippen molar-refractivity contribution in [1.29, 1.82) is 0 Å². The average Bonchev–Trinajstić information content (AvgIpc) is 2.33. The van der Waals surface area contributed by atoms with Crippen molar-refractivity contribution in [2.24, 2.45) is 5.10 Å². The predicted octanol–water partition coefficient (Wildman–Crippen LogP) is 5.64. The van der Waals surface area contributed by atoms with E-state index >= 15 is 0 Å². The highest BCUT2D eigenvalue weighted by molar-refractivity contribution is 9.18. The predicted molar refractivity (Wildman–Crippen MR) is 78.7 cm³/mol. The molecule has 0 heterocycles. The van der Waals surface area contributed by atoms with E-state index < -0.39 is 22.7 Å². The normalized spacial score (nSPS) is 13.4. The molecule has 2 nitrogen and oxygen atoms in total. The van der Waals surface area contributed by atoms with Gasteiger partial charge in [-0.25, -0.2) is 0 Å². The number of anilines is 1. The second kappa shape index (κ2) is 7.12. The Morgan fingerprint density at radius 1 is 1.14 bits per heavy atom. The van der Waals surface area contributed by atoms with E-state index in [1.54, 1.807) is 19.9 Å². The molecular weight excluding hydrogens is 398 g/mol. The smallest absolute Gasteiger partial charge is 0.277 e. The molecule has 1 rings (SSSR count). The SMILES string of the molecule is Cc1cc(C)c(SCC(F)(F)F)cc1NN=C(Br)C(F)(F)F. The highest BCUT2D eigenvalue weighted by Crippen LogP contribution is 2.33. The van der Waals surface area contributed by atoms with Crippen molar-refractivity contribution in [2.75, 3.05) is 11.2 Å². The van der Waals surface area contributed by atoms with Crippen LogP contribution in [0.3, 0.4) is 0 Å². The summed E-state index contributed by atoms with van der Waals surface area (Å²) in [4.78, 5) is 0.323. The van der Waals surface area contributed by atoms with Gasteiger partial charge in [-0.1, -0.05) is 6.07 Å². The van der Waals surface area contributed by atoms with Crippen molar-refractivity contribution in [2.45, 2.75) is 31.1 Å². The lowest BCUT2D eigenvalue weighted by atomic mass is 10.1. The van der Waals surface area contributed by atoms with Crippen LogP contribution in [-0.2, 0) is 0 Å². The summed E-state index contributed by atoms with van der Waals surface area (Å²) in [7, 11) is 0. The van der Waals surface area contributed by atoms with Gasteiger partial charge in [-0.3, -0.25) is 5.43 Å². The van der Waals surface area contributed by atoms with Crippen LogP contribution < -0.4 is 5.43 Å². The van der Waals surface area contributed by atoms with E-state index in [1.807, 2.05) is 0 Å². The Kier molecular flexibility index (Phi) is 6.19. The summed E-state index contributed by atoms with van der Waals surface area (Å²) in [6, 6.07) is 2.93. The van der Waals surface area contributed by atoms with Crippen LogP contribution in [-0.4, -0.2) is 22.7 Å². The van der Waals surface area contributed by atoms with Gasteiger partial charge in [0.25, 0.3) is 0 Å². The molecule has 0 aliphatic carbocycles. The fourth-order valence-electron chi connectivity index (χ4n) is 1.44. The third kappa shape index (κ3) is 6.07. The molecule has 124 valence electrons. The lowest BCUT2D eigenvalue weighted by molar-refractivity contribution is -0.105. The highest BCUT2D eigenvalue weighted by atomic mass is 79.9. The third-order valence-electron chi connectivity index (χ3n) is 2.42. The van der Waals surface area contributed by atoms with Gasteiger partial charge in [-0.2, -0.15) is 31.4 Å². The fraction of sp³-hybridized carbons (Fsp3) is 0.417. The van der Waals surface area contributed by atoms with E-state index in [0.29, 0.717) is 27.8 Å². The number of aryl methyl sites for hydroxylation is 2. The number of alkyl halides is 6. The van der Waals surface area contributed by atoms with Crippen LogP contribution in [0.25, 0.3) is 0 Å². The monoisotopic (exact) mass is 408 g/mol. The lowest BCUT2D eigenvalue weighted by Gasteiger charge is -2.13. The third-order valence-corrected chi connectivity index (χ3v) is 4.27. The van der Waals surface area contributed by atoms with E-state index in [-0.39, 0.29) is 5.69 Å². The number of hydrazone groups is 1. The molecule has 0 spiro atoms. The van der Waals surface area contributed by atoms with Crippen molar-refractivity contribution < 1.29 is 26.3 Å². The molecule has 1 N–H and O–H groups in total. The zero-order valence-electron chi connectivity index (χ0n) is 11.4. The number of nitrogens with one attached hydrogen (secondary N) is 1. The minimum Gasteiger partial charge on any atom is -0.277 e. The first-order valence-electron chi connectivity index (χ1n) is 5.77. The summed E-state index contributed by atoms with van der Waals surface area (Å²) >= 11 is 2.85. The molecule has 0 aliphatic heterocycles. The van der Waals surface area contributed by atoms with E-state index in [9.17, 15) is 26.3 Å². The molecule has 1 aromatic rings. The topological polar surface area (TPSA) is 24.4 Å². The van der Waals surface area contributed by atoms with Crippen LogP contribution in [0.15, 0.2) is 22.1 Å². The Hall–Kier alpha value is -0.900. The molecule has 10 heteroatoms. The van der Waals surface area contributed by atoms with E-state index in [0.717, 1.165) is 0 Å². The van der Waals surface area contributed by atoms with Crippen LogP contribution >= 0.6 is 27.7 Å². The summed E-state index contributed by atoms with van der Waals surface area (Å²) in [6.07, 6.45) is -8.97. The number of thioether (sulfide) groups is 1. The average molecular weight is 409 g/mol. The van der Waals surface area contributed by atoms with Gasteiger partial charge in [0.1, 0.15) is 0 Å². The Morgan fingerprint density at radius 3 is 2.23 bits per heavy atom. The van der Waals surface area contributed by atoms with Gasteiger partial charge in [-0.05, 0) is 47.0 Å². The van der Waals surface area contributed by atoms with Crippen molar-refractivity contribution in [3.05, 3.63) is 23.3 Å². The number of hydrogen-bond donors (Lipinski definition) is 1. The van der Waals surface area contributed by atoms with Crippen LogP contribution in [0.5, 0.6) is 0 Å². The zero-order valence-corrected chi connectivity index (χ0v) is 13.8. The molecule has 0 amide bonds. The molecule has 0 unspecified atom stereocenters. The van der Waals surface area contributed by atoms with Gasteiger partial charge in [0.15, 0.2) is 0 Å². The van der Waals surface area contributed by atoms with Crippen LogP contribution in [0, 0.1) is 13.8 Å². The molecule has 1 aromatic carbocycles. The lowest BCUT2D eigenvalue weighted by Crippen LogP contribution is -2.18. The number of halogens is 7. The number of hydrogen-bond acceptors (Lipinski definition) is 3. The van der Waals surface area contributed by atoms with Gasteiger partial charge < -0.3 is 0 Å². The maximum Gasteiger partial charge on any atom is 0.441 e. The molecule has 0 radical (unpaired) electrons. The van der Waals surface area contributed by atoms with E-state index in [4.69, 9.17) is 0 Å². The number of nitrogens with zero attached hydrogens (tertiary/aromatic N) is 1. The van der Waals surface area contributed by atoms with Crippen molar-refractivity contribution in [1.82, 2.24) is 0 Å². The zero-order chi connectivity index (χ0) is 17.1. The molecule has 0 atom stereocenters. The van der Waals surface area contributed by atoms with E-state index in [1.165, 1.54) is 6.07 Å². The first kappa shape index (κ1) is 19.1. The van der Waals surface area contributed by atoms with Crippen LogP contribution in [0.4, 0.5) is 32.0 Å². The summed E-state index contributed by atoms with van der Waals surface area (Å²) in [6.45, 7) is 3.24. The van der Waals surface area contributed by atoms with Gasteiger partial charge >= 0.3 is 12.4 Å². The Balaban J connectivity index is 2.97. The summed E-state index contributed by atoms with van der Waals surface area (Å²) in [5, 5.41) is 3.13. The van der Waals surface area contributed by atoms with Crippen molar-refractivity contribution in [3.63, 3.8) is 0 Å². The first-order chi connectivity index (χ1) is 9.90. The number of benzene rings is 1. The maximum absolute atomic E-state index is 12.3. The van der Waals surface area contributed by atoms with Gasteiger partial charge in [0.2, 0.25) is 4.62 Å². The van der Waals surface area contributed by atoms with Crippen LogP contribution in [0.2, 0.25) is 0 Å². The number of rotatable bonds is 4. The second-order valence-corrected chi connectivity index (χ2v) is 6.12. The molecule has 0 saturated carbocycles. The molecule has 0 bridgehead atoms. The summed E-state index contributed by atoms with van der Waals surface area (Å²) in [5.74, 6) is -1.08. The molecular formula is C12H11BrF6N2S. The van der Waals surface area contributed by atoms with Crippen molar-refractivity contribution in [3.8, 4) is 0 Å². The molecule has 0 saturated heterocycles. The standard InChI is InChI=1S/C12H11BrF6N2S/c1-6-3-7(2)9(22-5-11(14,15)16)4-8(6)20-21-10(13)12(17,18)19/h3-4,20H,5H2,1-2H3. The Morgan fingerprint density at radius 2 is 1.73 bits per heavy atom. The molecule has 0 aromatic heterocycles. The second-order valence-electron chi connectivity index (χ2n) is 4.35. The maximum atomic E-state index is 12.3. The molecule has 0 fully saturated rings. The van der Waals surface area contributed by atoms with Gasteiger partial charge in [0.05, 0.1) is 11.4 Å². The van der Waals surface area contributed by atoms with Gasteiger partial charge in [0, 0.05) is 4.90 Å². The molecule has 0 aliphatic rings. The minimum atomic E-state index is -4.64. The van der Waals surface area contributed by atoms with E-state index in [2.05, 4.69) is 26.5 Å².